The quantitative estimate of drug-likeness (QED) is 0.227. The second-order valence-electron chi connectivity index (χ2n) is 8.72. The van der Waals surface area contributed by atoms with E-state index < -0.39 is 14.3 Å². The van der Waals surface area contributed by atoms with Crippen LogP contribution in [0, 0.1) is 0 Å². The lowest BCUT2D eigenvalue weighted by atomic mass is 10.0. The van der Waals surface area contributed by atoms with Crippen molar-refractivity contribution >= 4 is 20.0 Å². The summed E-state index contributed by atoms with van der Waals surface area (Å²) in [5.41, 5.74) is 2.48. The van der Waals surface area contributed by atoms with Crippen LogP contribution in [-0.4, -0.2) is 34.2 Å². The molecule has 7 heteroatoms. The van der Waals surface area contributed by atoms with Gasteiger partial charge in [-0.1, -0.05) is 68.4 Å². The van der Waals surface area contributed by atoms with Crippen LogP contribution in [0.5, 0.6) is 5.75 Å². The standard InChI is InChI=1S/C24H33NO5Si/c1-24(2,3)31(6,7)30-17-19-13-9-11-15-21(19)29-16-18-12-8-10-14-20(18)22(25-28-5)23(26)27-4/h8-15H,16-17H2,1-7H3/b25-22+. The maximum atomic E-state index is 12.2. The lowest BCUT2D eigenvalue weighted by Crippen LogP contribution is -2.40. The summed E-state index contributed by atoms with van der Waals surface area (Å²) < 4.78 is 17.4. The molecule has 31 heavy (non-hydrogen) atoms. The summed E-state index contributed by atoms with van der Waals surface area (Å²) in [5, 5.41) is 3.98. The first-order chi connectivity index (χ1) is 14.6. The SMILES string of the molecule is CO/N=C(/C(=O)OC)c1ccccc1COc1ccccc1CO[Si](C)(C)C(C)(C)C. The maximum Gasteiger partial charge on any atom is 0.360 e. The monoisotopic (exact) mass is 443 g/mol. The molecular weight excluding hydrogens is 410 g/mol. The number of nitrogens with zero attached hydrogens (tertiary/aromatic N) is 1. The van der Waals surface area contributed by atoms with Crippen LogP contribution in [0.1, 0.15) is 37.5 Å². The van der Waals surface area contributed by atoms with Gasteiger partial charge in [-0.25, -0.2) is 4.79 Å². The summed E-state index contributed by atoms with van der Waals surface area (Å²) in [5.74, 6) is 0.178. The van der Waals surface area contributed by atoms with Crippen molar-refractivity contribution in [2.45, 2.75) is 52.1 Å². The molecule has 0 saturated heterocycles. The Kier molecular flexibility index (Phi) is 8.41. The van der Waals surface area contributed by atoms with Crippen molar-refractivity contribution in [3.63, 3.8) is 0 Å². The van der Waals surface area contributed by atoms with E-state index in [0.717, 1.165) is 16.9 Å². The summed E-state index contributed by atoms with van der Waals surface area (Å²) in [6.45, 7) is 11.9. The minimum absolute atomic E-state index is 0.0961. The Morgan fingerprint density at radius 2 is 1.55 bits per heavy atom. The molecule has 2 aromatic carbocycles. The largest absolute Gasteiger partial charge is 0.489 e. The van der Waals surface area contributed by atoms with Crippen LogP contribution in [-0.2, 0) is 32.0 Å². The van der Waals surface area contributed by atoms with E-state index >= 15 is 0 Å². The van der Waals surface area contributed by atoms with Gasteiger partial charge in [-0.2, -0.15) is 0 Å². The predicted octanol–water partition coefficient (Wildman–Crippen LogP) is 5.31. The molecule has 0 bridgehead atoms. The highest BCUT2D eigenvalue weighted by Gasteiger charge is 2.37. The van der Waals surface area contributed by atoms with Crippen molar-refractivity contribution < 1.29 is 23.5 Å². The molecule has 0 fully saturated rings. The lowest BCUT2D eigenvalue weighted by molar-refractivity contribution is -0.132. The number of benzene rings is 2. The number of hydrogen-bond donors (Lipinski definition) is 0. The Balaban J connectivity index is 2.22. The smallest absolute Gasteiger partial charge is 0.360 e. The molecular formula is C24H33NO5Si. The Labute approximate surface area is 186 Å². The number of esters is 1. The zero-order valence-electron chi connectivity index (χ0n) is 19.5. The first-order valence-electron chi connectivity index (χ1n) is 10.2. The number of carbonyl (C=O) groups excluding carboxylic acids is 1. The molecule has 0 aliphatic heterocycles. The molecule has 0 radical (unpaired) electrons. The van der Waals surface area contributed by atoms with Crippen molar-refractivity contribution in [2.24, 2.45) is 5.16 Å². The maximum absolute atomic E-state index is 12.2. The van der Waals surface area contributed by atoms with Crippen LogP contribution in [0.3, 0.4) is 0 Å². The molecule has 0 saturated carbocycles. The van der Waals surface area contributed by atoms with Gasteiger partial charge in [0.1, 0.15) is 19.5 Å². The predicted molar refractivity (Wildman–Crippen MR) is 125 cm³/mol. The van der Waals surface area contributed by atoms with Crippen LogP contribution >= 0.6 is 0 Å². The van der Waals surface area contributed by atoms with Gasteiger partial charge in [-0.05, 0) is 29.8 Å². The summed E-state index contributed by atoms with van der Waals surface area (Å²) in [7, 11) is 0.816. The van der Waals surface area contributed by atoms with E-state index in [9.17, 15) is 4.79 Å². The van der Waals surface area contributed by atoms with E-state index in [4.69, 9.17) is 18.7 Å². The molecule has 0 heterocycles. The van der Waals surface area contributed by atoms with E-state index in [2.05, 4.69) is 39.0 Å². The zero-order valence-corrected chi connectivity index (χ0v) is 20.5. The van der Waals surface area contributed by atoms with Gasteiger partial charge >= 0.3 is 5.97 Å². The van der Waals surface area contributed by atoms with Gasteiger partial charge in [0, 0.05) is 11.1 Å². The van der Waals surface area contributed by atoms with Gasteiger partial charge in [0.25, 0.3) is 0 Å². The van der Waals surface area contributed by atoms with Crippen molar-refractivity contribution in [1.82, 2.24) is 0 Å². The molecule has 0 aromatic heterocycles. The summed E-state index contributed by atoms with van der Waals surface area (Å²) in [6, 6.07) is 15.2. The van der Waals surface area contributed by atoms with Gasteiger partial charge in [-0.3, -0.25) is 0 Å². The van der Waals surface area contributed by atoms with Crippen molar-refractivity contribution in [2.75, 3.05) is 14.2 Å². The number of carbonyl (C=O) groups is 1. The highest BCUT2D eigenvalue weighted by atomic mass is 28.4. The highest BCUT2D eigenvalue weighted by molar-refractivity contribution is 6.74. The highest BCUT2D eigenvalue weighted by Crippen LogP contribution is 2.37. The summed E-state index contributed by atoms with van der Waals surface area (Å²) in [6.07, 6.45) is 0. The van der Waals surface area contributed by atoms with Gasteiger partial charge in [0.05, 0.1) is 13.7 Å². The van der Waals surface area contributed by atoms with Crippen LogP contribution in [0.25, 0.3) is 0 Å². The lowest BCUT2D eigenvalue weighted by Gasteiger charge is -2.36. The average Bonchev–Trinajstić information content (AvgIpc) is 2.74. The molecule has 2 aromatic rings. The molecule has 0 atom stereocenters. The molecule has 0 aliphatic rings. The second-order valence-corrected chi connectivity index (χ2v) is 13.5. The minimum Gasteiger partial charge on any atom is -0.489 e. The fourth-order valence-corrected chi connectivity index (χ4v) is 3.60. The molecule has 2 rings (SSSR count). The second kappa shape index (κ2) is 10.6. The zero-order chi connectivity index (χ0) is 23.1. The molecule has 0 spiro atoms. The number of ether oxygens (including phenoxy) is 2. The van der Waals surface area contributed by atoms with E-state index in [1.54, 1.807) is 6.07 Å². The molecule has 168 valence electrons. The Hall–Kier alpha value is -2.64. The molecule has 0 amide bonds. The first-order valence-corrected chi connectivity index (χ1v) is 13.1. The van der Waals surface area contributed by atoms with Crippen LogP contribution in [0.15, 0.2) is 53.7 Å². The fraction of sp³-hybridized carbons (Fsp3) is 0.417. The van der Waals surface area contributed by atoms with Gasteiger partial charge in [0.15, 0.2) is 14.0 Å². The third kappa shape index (κ3) is 6.42. The van der Waals surface area contributed by atoms with Crippen LogP contribution in [0.2, 0.25) is 18.1 Å². The Morgan fingerprint density at radius 1 is 0.935 bits per heavy atom. The first kappa shape index (κ1) is 24.6. The van der Waals surface area contributed by atoms with E-state index in [-0.39, 0.29) is 17.4 Å². The Morgan fingerprint density at radius 3 is 2.16 bits per heavy atom. The van der Waals surface area contributed by atoms with Crippen molar-refractivity contribution in [3.05, 3.63) is 65.2 Å². The van der Waals surface area contributed by atoms with Crippen molar-refractivity contribution in [1.29, 1.82) is 0 Å². The summed E-state index contributed by atoms with van der Waals surface area (Å²) in [4.78, 5) is 17.0. The van der Waals surface area contributed by atoms with Gasteiger partial charge in [-0.15, -0.1) is 0 Å². The van der Waals surface area contributed by atoms with Crippen LogP contribution in [0.4, 0.5) is 0 Å². The van der Waals surface area contributed by atoms with Crippen molar-refractivity contribution in [3.8, 4) is 5.75 Å². The minimum atomic E-state index is -1.88. The summed E-state index contributed by atoms with van der Waals surface area (Å²) >= 11 is 0. The molecule has 0 aliphatic carbocycles. The van der Waals surface area contributed by atoms with E-state index in [1.165, 1.54) is 14.2 Å². The Bertz CT molecular complexity index is 918. The molecule has 0 N–H and O–H groups in total. The number of rotatable bonds is 9. The number of oxime groups is 1. The topological polar surface area (TPSA) is 66.4 Å². The fourth-order valence-electron chi connectivity index (χ4n) is 2.66. The van der Waals surface area contributed by atoms with E-state index in [1.807, 2.05) is 42.5 Å². The number of hydrogen-bond acceptors (Lipinski definition) is 6. The molecule has 0 unspecified atom stereocenters. The van der Waals surface area contributed by atoms with Crippen LogP contribution < -0.4 is 4.74 Å². The van der Waals surface area contributed by atoms with Gasteiger partial charge < -0.3 is 18.7 Å². The third-order valence-electron chi connectivity index (χ3n) is 5.58. The molecule has 6 nitrogen and oxygen atoms in total. The van der Waals surface area contributed by atoms with E-state index in [0.29, 0.717) is 12.2 Å². The third-order valence-corrected chi connectivity index (χ3v) is 10.1. The van der Waals surface area contributed by atoms with Gasteiger partial charge in [0.2, 0.25) is 0 Å². The number of methoxy groups -OCH3 is 1. The normalized spacial score (nSPS) is 12.4. The average molecular weight is 444 g/mol. The number of para-hydroxylation sites is 1.